The van der Waals surface area contributed by atoms with Gasteiger partial charge >= 0.3 is 0 Å². The molecule has 1 heterocycles. The van der Waals surface area contributed by atoms with Crippen molar-refractivity contribution in [1.82, 2.24) is 10.6 Å². The van der Waals surface area contributed by atoms with Crippen LogP contribution in [0.25, 0.3) is 0 Å². The fraction of sp³-hybridized carbons (Fsp3) is 0.889. The maximum atomic E-state index is 11.6. The van der Waals surface area contributed by atoms with Crippen molar-refractivity contribution in [3.05, 3.63) is 0 Å². The van der Waals surface area contributed by atoms with Gasteiger partial charge in [-0.25, -0.2) is 0 Å². The van der Waals surface area contributed by atoms with Crippen molar-refractivity contribution in [3.8, 4) is 0 Å². The summed E-state index contributed by atoms with van der Waals surface area (Å²) in [5.74, 6) is 1.92. The molecular formula is C9H18N2OS. The van der Waals surface area contributed by atoms with E-state index in [9.17, 15) is 4.79 Å². The Kier molecular flexibility index (Phi) is 3.62. The fourth-order valence-corrected chi connectivity index (χ4v) is 2.01. The van der Waals surface area contributed by atoms with Crippen LogP contribution in [0.4, 0.5) is 0 Å². The SMILES string of the molecule is CCC(C)(C)NC(=O)C1CSCN1. The van der Waals surface area contributed by atoms with Gasteiger partial charge in [0.2, 0.25) is 5.91 Å². The Morgan fingerprint density at radius 2 is 2.38 bits per heavy atom. The van der Waals surface area contributed by atoms with Crippen LogP contribution in [0.3, 0.4) is 0 Å². The van der Waals surface area contributed by atoms with Gasteiger partial charge in [0.05, 0.1) is 6.04 Å². The van der Waals surface area contributed by atoms with Crippen molar-refractivity contribution in [3.63, 3.8) is 0 Å². The predicted octanol–water partition coefficient (Wildman–Crippen LogP) is 0.954. The van der Waals surface area contributed by atoms with Gasteiger partial charge in [-0.3, -0.25) is 10.1 Å². The highest BCUT2D eigenvalue weighted by molar-refractivity contribution is 7.99. The maximum absolute atomic E-state index is 11.6. The minimum atomic E-state index is -0.0774. The molecule has 1 unspecified atom stereocenters. The summed E-state index contributed by atoms with van der Waals surface area (Å²) < 4.78 is 0. The molecule has 0 bridgehead atoms. The van der Waals surface area contributed by atoms with Crippen LogP contribution in [0.15, 0.2) is 0 Å². The first-order chi connectivity index (χ1) is 6.05. The molecule has 2 N–H and O–H groups in total. The van der Waals surface area contributed by atoms with Crippen molar-refractivity contribution in [2.24, 2.45) is 0 Å². The molecule has 1 aliphatic rings. The average molecular weight is 202 g/mol. The third-order valence-corrected chi connectivity index (χ3v) is 3.32. The van der Waals surface area contributed by atoms with Crippen LogP contribution in [0.1, 0.15) is 27.2 Å². The molecule has 1 saturated heterocycles. The van der Waals surface area contributed by atoms with Crippen molar-refractivity contribution in [2.45, 2.75) is 38.8 Å². The third kappa shape index (κ3) is 3.19. The van der Waals surface area contributed by atoms with E-state index in [0.29, 0.717) is 0 Å². The van der Waals surface area contributed by atoms with E-state index in [-0.39, 0.29) is 17.5 Å². The van der Waals surface area contributed by atoms with E-state index in [0.717, 1.165) is 18.1 Å². The van der Waals surface area contributed by atoms with Crippen LogP contribution < -0.4 is 10.6 Å². The second kappa shape index (κ2) is 4.33. The molecule has 0 radical (unpaired) electrons. The summed E-state index contributed by atoms with van der Waals surface area (Å²) in [7, 11) is 0. The van der Waals surface area contributed by atoms with Gasteiger partial charge in [0.1, 0.15) is 0 Å². The zero-order valence-electron chi connectivity index (χ0n) is 8.52. The zero-order valence-corrected chi connectivity index (χ0v) is 9.33. The summed E-state index contributed by atoms with van der Waals surface area (Å²) in [5, 5.41) is 6.19. The monoisotopic (exact) mass is 202 g/mol. The summed E-state index contributed by atoms with van der Waals surface area (Å²) in [4.78, 5) is 11.6. The molecule has 0 spiro atoms. The quantitative estimate of drug-likeness (QED) is 0.716. The van der Waals surface area contributed by atoms with E-state index in [4.69, 9.17) is 0 Å². The number of nitrogens with one attached hydrogen (secondary N) is 2. The number of carbonyl (C=O) groups excluding carboxylic acids is 1. The molecule has 1 fully saturated rings. The van der Waals surface area contributed by atoms with Gasteiger partial charge in [-0.2, -0.15) is 0 Å². The Bertz CT molecular complexity index is 188. The first-order valence-corrected chi connectivity index (χ1v) is 5.84. The minimum absolute atomic E-state index is 0.0100. The standard InChI is InChI=1S/C9H18N2OS/c1-4-9(2,3)11-8(12)7-5-13-6-10-7/h7,10H,4-6H2,1-3H3,(H,11,12). The lowest BCUT2D eigenvalue weighted by atomic mass is 10.0. The molecule has 13 heavy (non-hydrogen) atoms. The lowest BCUT2D eigenvalue weighted by Gasteiger charge is -2.26. The number of carbonyl (C=O) groups is 1. The predicted molar refractivity (Wildman–Crippen MR) is 56.8 cm³/mol. The molecule has 1 amide bonds. The Morgan fingerprint density at radius 1 is 1.69 bits per heavy atom. The normalized spacial score (nSPS) is 23.2. The molecule has 0 saturated carbocycles. The van der Waals surface area contributed by atoms with Gasteiger partial charge in [-0.05, 0) is 20.3 Å². The molecule has 1 atom stereocenters. The van der Waals surface area contributed by atoms with Gasteiger partial charge < -0.3 is 5.32 Å². The van der Waals surface area contributed by atoms with Crippen LogP contribution in [0.2, 0.25) is 0 Å². The van der Waals surface area contributed by atoms with E-state index in [2.05, 4.69) is 17.6 Å². The third-order valence-electron chi connectivity index (χ3n) is 2.38. The number of thioether (sulfide) groups is 1. The lowest BCUT2D eigenvalue weighted by Crippen LogP contribution is -2.50. The van der Waals surface area contributed by atoms with Crippen LogP contribution in [-0.4, -0.2) is 29.1 Å². The molecule has 76 valence electrons. The van der Waals surface area contributed by atoms with Gasteiger partial charge in [0.15, 0.2) is 0 Å². The highest BCUT2D eigenvalue weighted by Gasteiger charge is 2.26. The Hall–Kier alpha value is -0.220. The van der Waals surface area contributed by atoms with E-state index in [1.165, 1.54) is 0 Å². The van der Waals surface area contributed by atoms with E-state index < -0.39 is 0 Å². The second-order valence-corrected chi connectivity index (χ2v) is 5.03. The average Bonchev–Trinajstić information content (AvgIpc) is 2.55. The van der Waals surface area contributed by atoms with Gasteiger partial charge in [-0.15, -0.1) is 11.8 Å². The van der Waals surface area contributed by atoms with Gasteiger partial charge in [0, 0.05) is 17.2 Å². The molecule has 4 heteroatoms. The van der Waals surface area contributed by atoms with Gasteiger partial charge in [-0.1, -0.05) is 6.92 Å². The second-order valence-electron chi connectivity index (χ2n) is 4.00. The number of hydrogen-bond acceptors (Lipinski definition) is 3. The lowest BCUT2D eigenvalue weighted by molar-refractivity contribution is -0.124. The van der Waals surface area contributed by atoms with Crippen molar-refractivity contribution in [1.29, 1.82) is 0 Å². The largest absolute Gasteiger partial charge is 0.350 e. The molecule has 0 aromatic heterocycles. The Morgan fingerprint density at radius 3 is 2.85 bits per heavy atom. The summed E-state index contributed by atoms with van der Waals surface area (Å²) in [6, 6.07) is 0.0100. The Labute approximate surface area is 84.0 Å². The maximum Gasteiger partial charge on any atom is 0.238 e. The number of hydrogen-bond donors (Lipinski definition) is 2. The number of rotatable bonds is 3. The summed E-state index contributed by atoms with van der Waals surface area (Å²) >= 11 is 1.77. The van der Waals surface area contributed by atoms with E-state index in [1.54, 1.807) is 11.8 Å². The first-order valence-electron chi connectivity index (χ1n) is 4.68. The summed E-state index contributed by atoms with van der Waals surface area (Å²) in [6.07, 6.45) is 0.957. The van der Waals surface area contributed by atoms with Crippen molar-refractivity contribution >= 4 is 17.7 Å². The van der Waals surface area contributed by atoms with Crippen LogP contribution in [0.5, 0.6) is 0 Å². The van der Waals surface area contributed by atoms with Crippen LogP contribution in [-0.2, 0) is 4.79 Å². The van der Waals surface area contributed by atoms with E-state index >= 15 is 0 Å². The molecular weight excluding hydrogens is 184 g/mol. The molecule has 0 aromatic rings. The first kappa shape index (κ1) is 10.9. The summed E-state index contributed by atoms with van der Waals surface area (Å²) in [5.41, 5.74) is -0.0774. The molecule has 0 aliphatic carbocycles. The number of amides is 1. The van der Waals surface area contributed by atoms with Gasteiger partial charge in [0.25, 0.3) is 0 Å². The molecule has 3 nitrogen and oxygen atoms in total. The van der Waals surface area contributed by atoms with E-state index in [1.807, 2.05) is 13.8 Å². The van der Waals surface area contributed by atoms with Crippen LogP contribution >= 0.6 is 11.8 Å². The minimum Gasteiger partial charge on any atom is -0.350 e. The highest BCUT2D eigenvalue weighted by Crippen LogP contribution is 2.12. The highest BCUT2D eigenvalue weighted by atomic mass is 32.2. The molecule has 0 aromatic carbocycles. The fourth-order valence-electron chi connectivity index (χ4n) is 1.07. The Balaban J connectivity index is 2.40. The zero-order chi connectivity index (χ0) is 9.90. The van der Waals surface area contributed by atoms with Crippen LogP contribution in [0, 0.1) is 0 Å². The van der Waals surface area contributed by atoms with Crippen molar-refractivity contribution < 1.29 is 4.79 Å². The van der Waals surface area contributed by atoms with Crippen molar-refractivity contribution in [2.75, 3.05) is 11.6 Å². The topological polar surface area (TPSA) is 41.1 Å². The smallest absolute Gasteiger partial charge is 0.238 e. The molecule has 1 aliphatic heterocycles. The molecule has 1 rings (SSSR count). The summed E-state index contributed by atoms with van der Waals surface area (Å²) in [6.45, 7) is 6.18.